The van der Waals surface area contributed by atoms with Crippen LogP contribution in [-0.2, 0) is 6.18 Å². The van der Waals surface area contributed by atoms with Crippen molar-refractivity contribution < 1.29 is 17.9 Å². The van der Waals surface area contributed by atoms with E-state index in [0.29, 0.717) is 24.1 Å². The number of halogens is 4. The molecule has 1 fully saturated rings. The second-order valence-electron chi connectivity index (χ2n) is 7.67. The van der Waals surface area contributed by atoms with Gasteiger partial charge in [-0.25, -0.2) is 0 Å². The third-order valence-electron chi connectivity index (χ3n) is 6.05. The molecule has 1 saturated heterocycles. The molecule has 148 valence electrons. The molecule has 3 nitrogen and oxygen atoms in total. The normalized spacial score (nSPS) is 23.6. The Balaban J connectivity index is 1.63. The number of hydrogen-bond donors (Lipinski definition) is 1. The van der Waals surface area contributed by atoms with Crippen LogP contribution in [0.1, 0.15) is 29.9 Å². The van der Waals surface area contributed by atoms with Crippen molar-refractivity contribution >= 4 is 17.3 Å². The number of nitrogens with one attached hydrogen (secondary N) is 1. The zero-order valence-corrected chi connectivity index (χ0v) is 15.9. The minimum absolute atomic E-state index is 0.101. The van der Waals surface area contributed by atoms with Crippen LogP contribution in [0.2, 0.25) is 5.02 Å². The summed E-state index contributed by atoms with van der Waals surface area (Å²) in [5.41, 5.74) is 3.03. The number of hydrogen-bond acceptors (Lipinski definition) is 3. The predicted molar refractivity (Wildman–Crippen MR) is 103 cm³/mol. The monoisotopic (exact) mass is 408 g/mol. The summed E-state index contributed by atoms with van der Waals surface area (Å²) >= 11 is 6.27. The Labute approximate surface area is 166 Å². The molecule has 3 aliphatic heterocycles. The molecule has 0 bridgehead atoms. The maximum atomic E-state index is 13.0. The van der Waals surface area contributed by atoms with Crippen LogP contribution in [0.25, 0.3) is 11.1 Å². The predicted octanol–water partition coefficient (Wildman–Crippen LogP) is 5.07. The highest BCUT2D eigenvalue weighted by molar-refractivity contribution is 6.33. The molecule has 0 spiro atoms. The van der Waals surface area contributed by atoms with Gasteiger partial charge >= 0.3 is 6.18 Å². The molecule has 0 radical (unpaired) electrons. The first kappa shape index (κ1) is 18.1. The standard InChI is InChI=1S/C21H20ClF3N2O/c22-17-10-13(21(23,24)25)2-3-14(17)12-8-15-16-11-26-5-4-18(16)27-6-1-7-28-19(9-12)20(15)27/h2-3,8-10,16,18,26H,1,4-7,11H2/t16-,18-/m0/s1. The van der Waals surface area contributed by atoms with Crippen LogP contribution in [0, 0.1) is 0 Å². The average Bonchev–Trinajstić information content (AvgIpc) is 2.82. The molecule has 3 aliphatic rings. The van der Waals surface area contributed by atoms with Gasteiger partial charge in [0, 0.05) is 35.6 Å². The van der Waals surface area contributed by atoms with Crippen LogP contribution in [0.4, 0.5) is 18.9 Å². The van der Waals surface area contributed by atoms with Crippen LogP contribution in [0.3, 0.4) is 0 Å². The van der Waals surface area contributed by atoms with Crippen LogP contribution >= 0.6 is 11.6 Å². The molecule has 0 aromatic heterocycles. The zero-order valence-electron chi connectivity index (χ0n) is 15.2. The van der Waals surface area contributed by atoms with Gasteiger partial charge in [-0.3, -0.25) is 0 Å². The van der Waals surface area contributed by atoms with E-state index in [1.165, 1.54) is 11.6 Å². The molecule has 7 heteroatoms. The molecule has 2 aromatic carbocycles. The molecule has 3 heterocycles. The second kappa shape index (κ2) is 6.56. The first-order valence-corrected chi connectivity index (χ1v) is 9.96. The van der Waals surface area contributed by atoms with E-state index in [4.69, 9.17) is 16.3 Å². The molecule has 2 aromatic rings. The van der Waals surface area contributed by atoms with E-state index in [9.17, 15) is 13.2 Å². The second-order valence-corrected chi connectivity index (χ2v) is 8.07. The van der Waals surface area contributed by atoms with Crippen LogP contribution in [-0.4, -0.2) is 32.3 Å². The van der Waals surface area contributed by atoms with Crippen molar-refractivity contribution in [2.24, 2.45) is 0 Å². The molecule has 0 saturated carbocycles. The Morgan fingerprint density at radius 3 is 2.82 bits per heavy atom. The van der Waals surface area contributed by atoms with Gasteiger partial charge in [-0.15, -0.1) is 0 Å². The number of piperidine rings is 1. The fourth-order valence-electron chi connectivity index (χ4n) is 4.81. The summed E-state index contributed by atoms with van der Waals surface area (Å²) in [7, 11) is 0. The summed E-state index contributed by atoms with van der Waals surface area (Å²) in [6, 6.07) is 8.02. The van der Waals surface area contributed by atoms with Crippen molar-refractivity contribution in [1.82, 2.24) is 5.32 Å². The zero-order chi connectivity index (χ0) is 19.5. The Morgan fingerprint density at radius 1 is 1.18 bits per heavy atom. The summed E-state index contributed by atoms with van der Waals surface area (Å²) in [5, 5.41) is 3.57. The number of alkyl halides is 3. The average molecular weight is 409 g/mol. The first-order valence-electron chi connectivity index (χ1n) is 9.59. The number of benzene rings is 2. The molecule has 2 atom stereocenters. The molecule has 0 amide bonds. The Hall–Kier alpha value is -1.92. The maximum Gasteiger partial charge on any atom is 0.416 e. The van der Waals surface area contributed by atoms with Gasteiger partial charge in [0.15, 0.2) is 0 Å². The third-order valence-corrected chi connectivity index (χ3v) is 6.36. The van der Waals surface area contributed by atoms with Crippen molar-refractivity contribution in [2.45, 2.75) is 31.0 Å². The SMILES string of the molecule is FC(F)(F)c1ccc(-c2cc3c4c(c2)[C@@H]2CNCC[C@@H]2N4CCCO3)c(Cl)c1. The molecule has 28 heavy (non-hydrogen) atoms. The smallest absolute Gasteiger partial charge is 0.416 e. The van der Waals surface area contributed by atoms with Gasteiger partial charge < -0.3 is 15.0 Å². The molecule has 0 aliphatic carbocycles. The van der Waals surface area contributed by atoms with Crippen molar-refractivity contribution in [2.75, 3.05) is 31.1 Å². The van der Waals surface area contributed by atoms with Gasteiger partial charge in [0.2, 0.25) is 0 Å². The van der Waals surface area contributed by atoms with E-state index in [0.717, 1.165) is 61.6 Å². The Bertz CT molecular complexity index is 931. The van der Waals surface area contributed by atoms with Crippen molar-refractivity contribution in [3.8, 4) is 16.9 Å². The van der Waals surface area contributed by atoms with Gasteiger partial charge in [-0.05, 0) is 54.8 Å². The largest absolute Gasteiger partial charge is 0.491 e. The number of anilines is 1. The van der Waals surface area contributed by atoms with Crippen LogP contribution in [0.5, 0.6) is 5.75 Å². The summed E-state index contributed by atoms with van der Waals surface area (Å²) in [5.74, 6) is 1.17. The minimum Gasteiger partial charge on any atom is -0.491 e. The number of fused-ring (bicyclic) bond motifs is 3. The third kappa shape index (κ3) is 2.85. The summed E-state index contributed by atoms with van der Waals surface area (Å²) < 4.78 is 45.0. The summed E-state index contributed by atoms with van der Waals surface area (Å²) in [6.45, 7) is 3.52. The Morgan fingerprint density at radius 2 is 2.04 bits per heavy atom. The maximum absolute atomic E-state index is 13.0. The van der Waals surface area contributed by atoms with E-state index >= 15 is 0 Å². The minimum atomic E-state index is -4.41. The lowest BCUT2D eigenvalue weighted by atomic mass is 9.88. The van der Waals surface area contributed by atoms with Gasteiger partial charge in [-0.2, -0.15) is 13.2 Å². The summed E-state index contributed by atoms with van der Waals surface area (Å²) in [6.07, 6.45) is -2.37. The Kier molecular flexibility index (Phi) is 4.25. The molecule has 1 N–H and O–H groups in total. The van der Waals surface area contributed by atoms with Crippen molar-refractivity contribution in [3.05, 3.63) is 46.5 Å². The van der Waals surface area contributed by atoms with E-state index in [1.807, 2.05) is 6.07 Å². The van der Waals surface area contributed by atoms with Gasteiger partial charge in [0.25, 0.3) is 0 Å². The molecular weight excluding hydrogens is 389 g/mol. The highest BCUT2D eigenvalue weighted by Crippen LogP contribution is 2.51. The van der Waals surface area contributed by atoms with Crippen molar-refractivity contribution in [1.29, 1.82) is 0 Å². The highest BCUT2D eigenvalue weighted by atomic mass is 35.5. The molecule has 5 rings (SSSR count). The fourth-order valence-corrected chi connectivity index (χ4v) is 5.10. The topological polar surface area (TPSA) is 24.5 Å². The fraction of sp³-hybridized carbons (Fsp3) is 0.429. The lowest BCUT2D eigenvalue weighted by molar-refractivity contribution is -0.137. The van der Waals surface area contributed by atoms with Crippen LogP contribution < -0.4 is 15.0 Å². The molecular formula is C21H20ClF3N2O. The van der Waals surface area contributed by atoms with E-state index in [-0.39, 0.29) is 5.02 Å². The van der Waals surface area contributed by atoms with E-state index in [1.54, 1.807) is 0 Å². The van der Waals surface area contributed by atoms with E-state index < -0.39 is 11.7 Å². The van der Waals surface area contributed by atoms with Crippen molar-refractivity contribution in [3.63, 3.8) is 0 Å². The molecule has 0 unspecified atom stereocenters. The first-order chi connectivity index (χ1) is 13.4. The quantitative estimate of drug-likeness (QED) is 0.712. The lowest BCUT2D eigenvalue weighted by Gasteiger charge is -2.33. The number of rotatable bonds is 1. The highest BCUT2D eigenvalue weighted by Gasteiger charge is 2.42. The lowest BCUT2D eigenvalue weighted by Crippen LogP contribution is -2.44. The van der Waals surface area contributed by atoms with Gasteiger partial charge in [0.1, 0.15) is 5.75 Å². The number of ether oxygens (including phenoxy) is 1. The van der Waals surface area contributed by atoms with Gasteiger partial charge in [-0.1, -0.05) is 17.7 Å². The van der Waals surface area contributed by atoms with Gasteiger partial charge in [0.05, 0.1) is 17.9 Å². The van der Waals surface area contributed by atoms with Crippen LogP contribution in [0.15, 0.2) is 30.3 Å². The van der Waals surface area contributed by atoms with E-state index in [2.05, 4.69) is 16.3 Å². The number of nitrogens with zero attached hydrogens (tertiary/aromatic N) is 1. The summed E-state index contributed by atoms with van der Waals surface area (Å²) in [4.78, 5) is 2.47.